The van der Waals surface area contributed by atoms with E-state index < -0.39 is 36.3 Å². The largest absolute Gasteiger partial charge is 0.504 e. The average Bonchev–Trinajstić information content (AvgIpc) is 2.61. The molecule has 1 aromatic carbocycles. The van der Waals surface area contributed by atoms with Crippen LogP contribution in [0.2, 0.25) is 0 Å². The van der Waals surface area contributed by atoms with E-state index in [0.717, 1.165) is 6.08 Å². The number of esters is 1. The van der Waals surface area contributed by atoms with E-state index in [1.807, 2.05) is 0 Å². The number of phenols is 2. The Hall–Kier alpha value is -2.09. The molecule has 1 aromatic rings. The number of phenolic OH excluding ortho intramolecular Hbond substituents is 2. The molecular weight excluding hydrogens is 316 g/mol. The third-order valence-corrected chi connectivity index (χ3v) is 4.02. The smallest absolute Gasteiger partial charge is 0.331 e. The Labute approximate surface area is 139 Å². The standard InChI is InChI=1S/C17H21O7/c1-9-6-15(17(23)14(21)8-12(9)19)24-16(22)5-3-10-2-4-11(18)13(20)7-10/h2-5,7,9,12,14-15,17-21,23H,1,6,8H2/q-1/b5-3+. The van der Waals surface area contributed by atoms with E-state index in [-0.39, 0.29) is 24.3 Å². The number of rotatable bonds is 3. The summed E-state index contributed by atoms with van der Waals surface area (Å²) in [6, 6.07) is 4.04. The molecule has 0 bridgehead atoms. The van der Waals surface area contributed by atoms with Gasteiger partial charge in [0.15, 0.2) is 11.5 Å². The molecule has 0 aromatic heterocycles. The van der Waals surface area contributed by atoms with Gasteiger partial charge in [-0.25, -0.2) is 4.79 Å². The van der Waals surface area contributed by atoms with Crippen LogP contribution in [0.1, 0.15) is 18.4 Å². The van der Waals surface area contributed by atoms with Gasteiger partial charge in [0.1, 0.15) is 12.2 Å². The van der Waals surface area contributed by atoms with E-state index in [0.29, 0.717) is 5.56 Å². The van der Waals surface area contributed by atoms with Gasteiger partial charge in [0.25, 0.3) is 0 Å². The van der Waals surface area contributed by atoms with Crippen molar-refractivity contribution in [3.63, 3.8) is 0 Å². The second-order valence-corrected chi connectivity index (χ2v) is 5.91. The Balaban J connectivity index is 2.02. The fraction of sp³-hybridized carbons (Fsp3) is 0.412. The van der Waals surface area contributed by atoms with E-state index in [1.54, 1.807) is 0 Å². The molecule has 5 atom stereocenters. The van der Waals surface area contributed by atoms with Gasteiger partial charge in [-0.05, 0) is 36.6 Å². The van der Waals surface area contributed by atoms with Crippen LogP contribution in [0, 0.1) is 12.8 Å². The van der Waals surface area contributed by atoms with E-state index in [9.17, 15) is 30.3 Å². The molecule has 2 rings (SSSR count). The van der Waals surface area contributed by atoms with E-state index in [2.05, 4.69) is 6.92 Å². The molecule has 24 heavy (non-hydrogen) atoms. The molecule has 7 heteroatoms. The predicted octanol–water partition coefficient (Wildman–Crippen LogP) is 0.350. The molecule has 1 fully saturated rings. The summed E-state index contributed by atoms with van der Waals surface area (Å²) in [4.78, 5) is 11.9. The molecular formula is C17H21O7-. The maximum Gasteiger partial charge on any atom is 0.331 e. The number of ether oxygens (including phenoxy) is 1. The number of aliphatic hydroxyl groups excluding tert-OH is 3. The average molecular weight is 337 g/mol. The Morgan fingerprint density at radius 1 is 1.12 bits per heavy atom. The van der Waals surface area contributed by atoms with Crippen LogP contribution in [-0.2, 0) is 9.53 Å². The lowest BCUT2D eigenvalue weighted by molar-refractivity contribution is -0.153. The molecule has 0 amide bonds. The minimum Gasteiger partial charge on any atom is -0.504 e. The monoisotopic (exact) mass is 337 g/mol. The van der Waals surface area contributed by atoms with Gasteiger partial charge in [-0.15, -0.1) is 5.92 Å². The number of hydrogen-bond donors (Lipinski definition) is 5. The zero-order chi connectivity index (χ0) is 17.9. The highest BCUT2D eigenvalue weighted by Gasteiger charge is 2.35. The van der Waals surface area contributed by atoms with Gasteiger partial charge >= 0.3 is 5.97 Å². The van der Waals surface area contributed by atoms with Crippen LogP contribution in [0.5, 0.6) is 11.5 Å². The number of carbonyl (C=O) groups is 1. The first-order valence-electron chi connectivity index (χ1n) is 7.56. The second kappa shape index (κ2) is 7.65. The molecule has 0 saturated heterocycles. The fourth-order valence-corrected chi connectivity index (χ4v) is 2.54. The van der Waals surface area contributed by atoms with Crippen molar-refractivity contribution in [3.8, 4) is 11.5 Å². The summed E-state index contributed by atoms with van der Waals surface area (Å²) in [5, 5.41) is 48.2. The number of aliphatic hydroxyl groups is 3. The van der Waals surface area contributed by atoms with Crippen molar-refractivity contribution in [2.24, 2.45) is 5.92 Å². The molecule has 5 N–H and O–H groups in total. The van der Waals surface area contributed by atoms with Gasteiger partial charge in [-0.3, -0.25) is 0 Å². The minimum absolute atomic E-state index is 0.0357. The number of aromatic hydroxyl groups is 2. The van der Waals surface area contributed by atoms with E-state index >= 15 is 0 Å². The van der Waals surface area contributed by atoms with E-state index in [1.165, 1.54) is 24.3 Å². The third kappa shape index (κ3) is 4.47. The maximum atomic E-state index is 11.9. The van der Waals surface area contributed by atoms with Gasteiger partial charge < -0.3 is 37.2 Å². The van der Waals surface area contributed by atoms with Crippen LogP contribution in [0.15, 0.2) is 24.3 Å². The predicted molar refractivity (Wildman–Crippen MR) is 84.8 cm³/mol. The van der Waals surface area contributed by atoms with Gasteiger partial charge in [-0.1, -0.05) is 6.07 Å². The highest BCUT2D eigenvalue weighted by molar-refractivity contribution is 5.87. The normalized spacial score (nSPS) is 30.9. The Bertz CT molecular complexity index is 613. The van der Waals surface area contributed by atoms with Crippen molar-refractivity contribution < 1.29 is 35.1 Å². The first-order chi connectivity index (χ1) is 11.3. The zero-order valence-electron chi connectivity index (χ0n) is 12.9. The van der Waals surface area contributed by atoms with Crippen molar-refractivity contribution in [1.29, 1.82) is 0 Å². The van der Waals surface area contributed by atoms with Gasteiger partial charge in [0, 0.05) is 12.2 Å². The number of benzene rings is 1. The summed E-state index contributed by atoms with van der Waals surface area (Å²) in [5.41, 5.74) is 0.467. The Morgan fingerprint density at radius 2 is 1.83 bits per heavy atom. The van der Waals surface area contributed by atoms with Crippen LogP contribution in [-0.4, -0.2) is 55.9 Å². The Kier molecular flexibility index (Phi) is 5.82. The SMILES string of the molecule is [CH2-]C1CC(OC(=O)/C=C/c2ccc(O)c(O)c2)C(O)C(O)CC1O. The molecule has 1 saturated carbocycles. The van der Waals surface area contributed by atoms with Crippen LogP contribution in [0.3, 0.4) is 0 Å². The van der Waals surface area contributed by atoms with Crippen molar-refractivity contribution in [2.75, 3.05) is 0 Å². The van der Waals surface area contributed by atoms with E-state index in [4.69, 9.17) is 4.74 Å². The van der Waals surface area contributed by atoms with Crippen LogP contribution < -0.4 is 0 Å². The van der Waals surface area contributed by atoms with Crippen molar-refractivity contribution in [2.45, 2.75) is 37.3 Å². The quantitative estimate of drug-likeness (QED) is 0.177. The number of hydrogen-bond acceptors (Lipinski definition) is 7. The molecule has 0 heterocycles. The summed E-state index contributed by atoms with van der Waals surface area (Å²) >= 11 is 0. The lowest BCUT2D eigenvalue weighted by Gasteiger charge is -2.25. The minimum atomic E-state index is -1.30. The van der Waals surface area contributed by atoms with Crippen LogP contribution >= 0.6 is 0 Å². The van der Waals surface area contributed by atoms with Gasteiger partial charge in [-0.2, -0.15) is 0 Å². The van der Waals surface area contributed by atoms with Gasteiger partial charge in [0.05, 0.1) is 6.10 Å². The lowest BCUT2D eigenvalue weighted by atomic mass is 9.99. The van der Waals surface area contributed by atoms with Crippen LogP contribution in [0.25, 0.3) is 6.08 Å². The summed E-state index contributed by atoms with van der Waals surface area (Å²) in [6.45, 7) is 3.74. The molecule has 0 aliphatic heterocycles. The van der Waals surface area contributed by atoms with Crippen molar-refractivity contribution in [1.82, 2.24) is 0 Å². The topological polar surface area (TPSA) is 127 Å². The molecule has 5 unspecified atom stereocenters. The third-order valence-electron chi connectivity index (χ3n) is 4.02. The fourth-order valence-electron chi connectivity index (χ4n) is 2.54. The van der Waals surface area contributed by atoms with Crippen molar-refractivity contribution in [3.05, 3.63) is 36.8 Å². The first kappa shape index (κ1) is 18.3. The Morgan fingerprint density at radius 3 is 2.50 bits per heavy atom. The molecule has 7 nitrogen and oxygen atoms in total. The summed E-state index contributed by atoms with van der Waals surface area (Å²) in [7, 11) is 0. The summed E-state index contributed by atoms with van der Waals surface area (Å²) < 4.78 is 5.15. The summed E-state index contributed by atoms with van der Waals surface area (Å²) in [6.07, 6.45) is -1.81. The van der Waals surface area contributed by atoms with Crippen LogP contribution in [0.4, 0.5) is 0 Å². The molecule has 1 aliphatic rings. The second-order valence-electron chi connectivity index (χ2n) is 5.91. The maximum absolute atomic E-state index is 11.9. The first-order valence-corrected chi connectivity index (χ1v) is 7.56. The highest BCUT2D eigenvalue weighted by atomic mass is 16.6. The number of carbonyl (C=O) groups excluding carboxylic acids is 1. The molecule has 0 radical (unpaired) electrons. The summed E-state index contributed by atoms with van der Waals surface area (Å²) in [5.74, 6) is -1.82. The molecule has 0 spiro atoms. The highest BCUT2D eigenvalue weighted by Crippen LogP contribution is 2.27. The molecule has 1 aliphatic carbocycles. The molecule has 132 valence electrons. The van der Waals surface area contributed by atoms with Crippen molar-refractivity contribution >= 4 is 12.0 Å². The zero-order valence-corrected chi connectivity index (χ0v) is 12.9. The van der Waals surface area contributed by atoms with Gasteiger partial charge in [0.2, 0.25) is 0 Å². The lowest BCUT2D eigenvalue weighted by Crippen LogP contribution is -2.39.